The molecule has 88 valence electrons. The third-order valence-corrected chi connectivity index (χ3v) is 2.66. The molecule has 1 rings (SSSR count). The maximum absolute atomic E-state index is 10.7. The summed E-state index contributed by atoms with van der Waals surface area (Å²) in [5.41, 5.74) is 1.27. The summed E-state index contributed by atoms with van der Waals surface area (Å²) in [5, 5.41) is 27.2. The van der Waals surface area contributed by atoms with Crippen LogP contribution in [0.3, 0.4) is 0 Å². The van der Waals surface area contributed by atoms with Crippen LogP contribution in [-0.4, -0.2) is 21.3 Å². The molecule has 0 heterocycles. The van der Waals surface area contributed by atoms with Crippen molar-refractivity contribution in [2.45, 2.75) is 32.3 Å². The van der Waals surface area contributed by atoms with Crippen molar-refractivity contribution in [1.29, 1.82) is 0 Å². The molecule has 0 aliphatic rings. The largest absolute Gasteiger partial charge is 0.508 e. The molecule has 0 aromatic heterocycles. The third-order valence-electron chi connectivity index (χ3n) is 2.66. The lowest BCUT2D eigenvalue weighted by Crippen LogP contribution is -2.06. The second-order valence-corrected chi connectivity index (χ2v) is 3.75. The molecule has 1 atom stereocenters. The Morgan fingerprint density at radius 2 is 2.12 bits per heavy atom. The van der Waals surface area contributed by atoms with Crippen LogP contribution < -0.4 is 0 Å². The van der Waals surface area contributed by atoms with Gasteiger partial charge >= 0.3 is 5.97 Å². The molecule has 1 aromatic carbocycles. The Morgan fingerprint density at radius 1 is 1.44 bits per heavy atom. The summed E-state index contributed by atoms with van der Waals surface area (Å²) in [6.45, 7) is 1.67. The van der Waals surface area contributed by atoms with Crippen LogP contribution in [0.4, 0.5) is 0 Å². The minimum Gasteiger partial charge on any atom is -0.508 e. The van der Waals surface area contributed by atoms with E-state index in [-0.39, 0.29) is 24.7 Å². The molecule has 1 aromatic rings. The molecule has 0 bridgehead atoms. The van der Waals surface area contributed by atoms with Crippen molar-refractivity contribution in [3.8, 4) is 5.75 Å². The van der Waals surface area contributed by atoms with Crippen molar-refractivity contribution in [3.63, 3.8) is 0 Å². The van der Waals surface area contributed by atoms with Crippen molar-refractivity contribution in [3.05, 3.63) is 29.3 Å². The molecular formula is C12H16O4. The van der Waals surface area contributed by atoms with Crippen LogP contribution in [0.5, 0.6) is 5.75 Å². The molecule has 0 saturated heterocycles. The molecule has 0 radical (unpaired) electrons. The van der Waals surface area contributed by atoms with Gasteiger partial charge in [-0.1, -0.05) is 13.0 Å². The maximum atomic E-state index is 10.7. The van der Waals surface area contributed by atoms with E-state index in [2.05, 4.69) is 0 Å². The lowest BCUT2D eigenvalue weighted by atomic mass is 9.92. The number of carboxylic acids is 1. The number of aromatic hydroxyl groups is 1. The third kappa shape index (κ3) is 2.97. The topological polar surface area (TPSA) is 77.8 Å². The van der Waals surface area contributed by atoms with Gasteiger partial charge in [0.15, 0.2) is 0 Å². The first kappa shape index (κ1) is 12.5. The number of aliphatic hydroxyl groups excluding tert-OH is 1. The summed E-state index contributed by atoms with van der Waals surface area (Å²) in [4.78, 5) is 10.7. The van der Waals surface area contributed by atoms with Crippen molar-refractivity contribution in [1.82, 2.24) is 0 Å². The van der Waals surface area contributed by atoms with Crippen molar-refractivity contribution < 1.29 is 20.1 Å². The van der Waals surface area contributed by atoms with Crippen molar-refractivity contribution in [2.24, 2.45) is 0 Å². The quantitative estimate of drug-likeness (QED) is 0.713. The van der Waals surface area contributed by atoms with Crippen LogP contribution in [0.2, 0.25) is 0 Å². The Bertz CT molecular complexity index is 373. The molecule has 0 spiro atoms. The van der Waals surface area contributed by atoms with Crippen LogP contribution in [0.25, 0.3) is 0 Å². The van der Waals surface area contributed by atoms with E-state index in [1.807, 2.05) is 6.92 Å². The first-order chi connectivity index (χ1) is 7.58. The van der Waals surface area contributed by atoms with Crippen LogP contribution in [-0.2, 0) is 11.4 Å². The van der Waals surface area contributed by atoms with Crippen molar-refractivity contribution >= 4 is 5.97 Å². The van der Waals surface area contributed by atoms with E-state index in [0.717, 1.165) is 5.56 Å². The minimum atomic E-state index is -0.842. The fourth-order valence-corrected chi connectivity index (χ4v) is 1.69. The number of carbonyl (C=O) groups is 1. The van der Waals surface area contributed by atoms with Gasteiger partial charge in [0, 0.05) is 5.56 Å². The normalized spacial score (nSPS) is 12.4. The molecular weight excluding hydrogens is 208 g/mol. The van der Waals surface area contributed by atoms with E-state index in [9.17, 15) is 9.90 Å². The zero-order valence-electron chi connectivity index (χ0n) is 9.18. The number of hydrogen-bond acceptors (Lipinski definition) is 3. The highest BCUT2D eigenvalue weighted by Gasteiger charge is 2.14. The van der Waals surface area contributed by atoms with Crippen LogP contribution >= 0.6 is 0 Å². The first-order valence-corrected chi connectivity index (χ1v) is 5.22. The molecule has 0 amide bonds. The summed E-state index contributed by atoms with van der Waals surface area (Å²) >= 11 is 0. The fraction of sp³-hybridized carbons (Fsp3) is 0.417. The minimum absolute atomic E-state index is 0.0384. The highest BCUT2D eigenvalue weighted by molar-refractivity contribution is 5.68. The Morgan fingerprint density at radius 3 is 2.62 bits per heavy atom. The van der Waals surface area contributed by atoms with E-state index >= 15 is 0 Å². The highest BCUT2D eigenvalue weighted by Crippen LogP contribution is 2.27. The van der Waals surface area contributed by atoms with E-state index in [4.69, 9.17) is 10.2 Å². The first-order valence-electron chi connectivity index (χ1n) is 5.22. The fourth-order valence-electron chi connectivity index (χ4n) is 1.69. The van der Waals surface area contributed by atoms with Crippen LogP contribution in [0.1, 0.15) is 36.8 Å². The summed E-state index contributed by atoms with van der Waals surface area (Å²) in [7, 11) is 0. The average molecular weight is 224 g/mol. The summed E-state index contributed by atoms with van der Waals surface area (Å²) < 4.78 is 0. The molecule has 0 saturated carbocycles. The monoisotopic (exact) mass is 224 g/mol. The lowest BCUT2D eigenvalue weighted by molar-refractivity contribution is -0.137. The van der Waals surface area contributed by atoms with Gasteiger partial charge in [-0.2, -0.15) is 0 Å². The molecule has 1 unspecified atom stereocenters. The number of rotatable bonds is 5. The standard InChI is InChI=1S/C12H16O4/c1-2-8(6-12(15)16)9-3-4-11(14)10(5-9)7-13/h3-5,8,13-14H,2,6-7H2,1H3,(H,15,16). The van der Waals surface area contributed by atoms with Gasteiger partial charge in [0.1, 0.15) is 5.75 Å². The maximum Gasteiger partial charge on any atom is 0.303 e. The van der Waals surface area contributed by atoms with Crippen LogP contribution in [0.15, 0.2) is 18.2 Å². The Kier molecular flexibility index (Phi) is 4.31. The summed E-state index contributed by atoms with van der Waals surface area (Å²) in [5.74, 6) is -0.884. The SMILES string of the molecule is CCC(CC(=O)O)c1ccc(O)c(CO)c1. The molecule has 4 nitrogen and oxygen atoms in total. The molecule has 0 aliphatic heterocycles. The Labute approximate surface area is 94.2 Å². The van der Waals surface area contributed by atoms with Gasteiger partial charge in [0.25, 0.3) is 0 Å². The predicted octanol–water partition coefficient (Wildman–Crippen LogP) is 1.85. The van der Waals surface area contributed by atoms with Gasteiger partial charge in [-0.05, 0) is 30.0 Å². The average Bonchev–Trinajstić information content (AvgIpc) is 2.26. The molecule has 0 fully saturated rings. The molecule has 16 heavy (non-hydrogen) atoms. The van der Waals surface area contributed by atoms with Gasteiger partial charge in [0.2, 0.25) is 0 Å². The molecule has 0 aliphatic carbocycles. The van der Waals surface area contributed by atoms with E-state index in [1.54, 1.807) is 12.1 Å². The highest BCUT2D eigenvalue weighted by atomic mass is 16.4. The number of phenols is 1. The number of carboxylic acid groups (broad SMARTS) is 1. The van der Waals surface area contributed by atoms with Crippen molar-refractivity contribution in [2.75, 3.05) is 0 Å². The zero-order chi connectivity index (χ0) is 12.1. The smallest absolute Gasteiger partial charge is 0.303 e. The summed E-state index contributed by atoms with van der Waals surface area (Å²) in [6, 6.07) is 4.85. The van der Waals surface area contributed by atoms with Gasteiger partial charge in [0.05, 0.1) is 13.0 Å². The summed E-state index contributed by atoms with van der Waals surface area (Å²) in [6.07, 6.45) is 0.772. The van der Waals surface area contributed by atoms with E-state index in [1.165, 1.54) is 6.07 Å². The number of aliphatic carboxylic acids is 1. The van der Waals surface area contributed by atoms with Gasteiger partial charge in [-0.3, -0.25) is 4.79 Å². The molecule has 3 N–H and O–H groups in total. The van der Waals surface area contributed by atoms with E-state index in [0.29, 0.717) is 12.0 Å². The second kappa shape index (κ2) is 5.51. The number of benzene rings is 1. The second-order valence-electron chi connectivity index (χ2n) is 3.75. The predicted molar refractivity (Wildman–Crippen MR) is 59.3 cm³/mol. The Balaban J connectivity index is 2.96. The Hall–Kier alpha value is -1.55. The number of aliphatic hydroxyl groups is 1. The number of hydrogen-bond donors (Lipinski definition) is 3. The molecule has 4 heteroatoms. The van der Waals surface area contributed by atoms with Crippen LogP contribution in [0, 0.1) is 0 Å². The van der Waals surface area contributed by atoms with E-state index < -0.39 is 5.97 Å². The zero-order valence-corrected chi connectivity index (χ0v) is 9.18. The van der Waals surface area contributed by atoms with Gasteiger partial charge in [-0.15, -0.1) is 0 Å². The van der Waals surface area contributed by atoms with Gasteiger partial charge < -0.3 is 15.3 Å². The lowest BCUT2D eigenvalue weighted by Gasteiger charge is -2.14. The van der Waals surface area contributed by atoms with Gasteiger partial charge in [-0.25, -0.2) is 0 Å².